The highest BCUT2D eigenvalue weighted by molar-refractivity contribution is 5.94. The minimum atomic E-state index is -0.844. The maximum atomic E-state index is 14.2. The number of carbonyl (C=O) groups is 1. The van der Waals surface area contributed by atoms with Gasteiger partial charge in [0.25, 0.3) is 5.91 Å². The first-order valence-corrected chi connectivity index (χ1v) is 10.4. The van der Waals surface area contributed by atoms with Crippen molar-refractivity contribution in [3.63, 3.8) is 0 Å². The number of nitrogens with two attached hydrogens (primary N) is 1. The Morgan fingerprint density at radius 1 is 1.38 bits per heavy atom. The van der Waals surface area contributed by atoms with Crippen molar-refractivity contribution in [1.82, 2.24) is 19.1 Å². The van der Waals surface area contributed by atoms with Gasteiger partial charge in [0, 0.05) is 18.8 Å². The zero-order chi connectivity index (χ0) is 23.2. The van der Waals surface area contributed by atoms with Gasteiger partial charge >= 0.3 is 5.69 Å². The van der Waals surface area contributed by atoms with E-state index in [0.29, 0.717) is 48.1 Å². The third-order valence-corrected chi connectivity index (χ3v) is 6.35. The molecule has 1 aliphatic rings. The molecule has 0 saturated heterocycles. The Kier molecular flexibility index (Phi) is 5.20. The molecule has 2 aromatic heterocycles. The number of imidazole rings is 1. The van der Waals surface area contributed by atoms with Crippen LogP contribution in [0.2, 0.25) is 0 Å². The molecule has 0 atom stereocenters. The maximum absolute atomic E-state index is 14.2. The van der Waals surface area contributed by atoms with Crippen molar-refractivity contribution < 1.29 is 9.18 Å². The van der Waals surface area contributed by atoms with E-state index in [1.54, 1.807) is 24.7 Å². The Morgan fingerprint density at radius 3 is 2.69 bits per heavy atom. The molecule has 1 amide bonds. The first kappa shape index (κ1) is 21.5. The second kappa shape index (κ2) is 7.75. The van der Waals surface area contributed by atoms with Gasteiger partial charge in [-0.15, -0.1) is 0 Å². The normalized spacial score (nSPS) is 20.8. The Hall–Kier alpha value is -3.74. The fourth-order valence-corrected chi connectivity index (χ4v) is 4.26. The molecule has 3 aromatic rings. The highest BCUT2D eigenvalue weighted by Gasteiger charge is 2.33. The first-order valence-electron chi connectivity index (χ1n) is 10.4. The highest BCUT2D eigenvalue weighted by atomic mass is 19.1. The summed E-state index contributed by atoms with van der Waals surface area (Å²) in [4.78, 5) is 33.2. The molecule has 0 radical (unpaired) electrons. The summed E-state index contributed by atoms with van der Waals surface area (Å²) < 4.78 is 17.4. The number of anilines is 2. The number of carbonyl (C=O) groups excluding carboxylic acids is 1. The van der Waals surface area contributed by atoms with E-state index in [1.165, 1.54) is 16.7 Å². The van der Waals surface area contributed by atoms with Gasteiger partial charge in [-0.1, -0.05) is 0 Å². The number of hydrogen-bond acceptors (Lipinski definition) is 6. The molecule has 1 aliphatic carbocycles. The number of aryl methyl sites for hydroxylation is 2. The first-order chi connectivity index (χ1) is 15.1. The molecule has 32 heavy (non-hydrogen) atoms. The fraction of sp³-hybridized carbons (Fsp3) is 0.409. The van der Waals surface area contributed by atoms with Crippen molar-refractivity contribution >= 4 is 28.7 Å². The van der Waals surface area contributed by atoms with Crippen molar-refractivity contribution in [1.29, 1.82) is 5.26 Å². The molecule has 166 valence electrons. The molecule has 3 N–H and O–H groups in total. The van der Waals surface area contributed by atoms with Crippen LogP contribution in [0, 0.1) is 29.5 Å². The number of nitrogens with zero attached hydrogens (tertiary/aromatic N) is 5. The van der Waals surface area contributed by atoms with E-state index >= 15 is 0 Å². The molecule has 4 rings (SSSR count). The van der Waals surface area contributed by atoms with Gasteiger partial charge in [-0.2, -0.15) is 10.2 Å². The van der Waals surface area contributed by atoms with E-state index in [4.69, 9.17) is 5.73 Å². The van der Waals surface area contributed by atoms with Gasteiger partial charge in [-0.3, -0.25) is 13.9 Å². The summed E-state index contributed by atoms with van der Waals surface area (Å²) in [6, 6.07) is 4.85. The molecule has 0 unspecified atom stereocenters. The predicted molar refractivity (Wildman–Crippen MR) is 117 cm³/mol. The molecule has 2 heterocycles. The molecular formula is C22H24FN7O2. The number of fused-ring (bicyclic) bond motifs is 1. The van der Waals surface area contributed by atoms with Gasteiger partial charge in [0.15, 0.2) is 5.65 Å². The molecule has 1 saturated carbocycles. The quantitative estimate of drug-likeness (QED) is 0.645. The minimum Gasteiger partial charge on any atom is -0.366 e. The zero-order valence-electron chi connectivity index (χ0n) is 18.1. The average Bonchev–Trinajstić information content (AvgIpc) is 3.01. The van der Waals surface area contributed by atoms with Crippen LogP contribution in [-0.2, 0) is 7.05 Å². The summed E-state index contributed by atoms with van der Waals surface area (Å²) in [7, 11) is 1.67. The van der Waals surface area contributed by atoms with Crippen LogP contribution in [0.15, 0.2) is 23.1 Å². The van der Waals surface area contributed by atoms with Crippen molar-refractivity contribution in [3.05, 3.63) is 45.8 Å². The maximum Gasteiger partial charge on any atom is 0.330 e. The summed E-state index contributed by atoms with van der Waals surface area (Å²) in [6.07, 6.45) is 4.37. The van der Waals surface area contributed by atoms with E-state index in [0.717, 1.165) is 0 Å². The molecule has 1 fully saturated rings. The summed E-state index contributed by atoms with van der Waals surface area (Å²) >= 11 is 0. The molecule has 10 heteroatoms. The predicted octanol–water partition coefficient (Wildman–Crippen LogP) is 3.07. The largest absolute Gasteiger partial charge is 0.366 e. The number of nitrogens with one attached hydrogen (secondary N) is 1. The number of hydrogen-bond donors (Lipinski definition) is 2. The Labute approximate surface area is 183 Å². The van der Waals surface area contributed by atoms with Crippen molar-refractivity contribution in [2.24, 2.45) is 18.2 Å². The number of rotatable bonds is 4. The van der Waals surface area contributed by atoms with E-state index in [-0.39, 0.29) is 28.7 Å². The fourth-order valence-electron chi connectivity index (χ4n) is 4.26. The highest BCUT2D eigenvalue weighted by Crippen LogP contribution is 2.40. The van der Waals surface area contributed by atoms with Gasteiger partial charge in [0.05, 0.1) is 23.2 Å². The summed E-state index contributed by atoms with van der Waals surface area (Å²) in [5.74, 6) is -1.39. The molecule has 0 bridgehead atoms. The van der Waals surface area contributed by atoms with Crippen molar-refractivity contribution in [2.45, 2.75) is 45.6 Å². The Balaban J connectivity index is 1.72. The molecule has 1 aromatic carbocycles. The van der Waals surface area contributed by atoms with Gasteiger partial charge in [-0.25, -0.2) is 14.2 Å². The van der Waals surface area contributed by atoms with E-state index in [9.17, 15) is 19.2 Å². The van der Waals surface area contributed by atoms with E-state index in [1.807, 2.05) is 6.92 Å². The third-order valence-electron chi connectivity index (χ3n) is 6.35. The molecule has 9 nitrogen and oxygen atoms in total. The topological polar surface area (TPSA) is 132 Å². The third kappa shape index (κ3) is 3.60. The Morgan fingerprint density at radius 2 is 2.06 bits per heavy atom. The minimum absolute atomic E-state index is 0.0654. The van der Waals surface area contributed by atoms with Crippen LogP contribution in [0.5, 0.6) is 0 Å². The lowest BCUT2D eigenvalue weighted by Crippen LogP contribution is -2.31. The summed E-state index contributed by atoms with van der Waals surface area (Å²) in [5.41, 5.74) is 6.50. The molecule has 0 spiro atoms. The van der Waals surface area contributed by atoms with Gasteiger partial charge < -0.3 is 11.1 Å². The van der Waals surface area contributed by atoms with Crippen molar-refractivity contribution in [2.75, 3.05) is 5.32 Å². The second-order valence-corrected chi connectivity index (χ2v) is 8.65. The molecule has 0 aliphatic heterocycles. The number of aromatic nitrogens is 4. The number of amides is 1. The standard InChI is InChI=1S/C22H24FN7O2/c1-12-8-14(18(25)31)15(23)9-16(12)27-20-26-10-17-19(28-20)30(21(32)29(17)3)13-4-6-22(2,11-24)7-5-13/h8-10,13H,4-7H2,1-3H3,(H2,25,31)(H,26,27,28). The summed E-state index contributed by atoms with van der Waals surface area (Å²) in [6.45, 7) is 3.66. The van der Waals surface area contributed by atoms with Gasteiger partial charge in [0.1, 0.15) is 11.3 Å². The van der Waals surface area contributed by atoms with Crippen LogP contribution in [0.25, 0.3) is 11.2 Å². The lowest BCUT2D eigenvalue weighted by atomic mass is 9.75. The van der Waals surface area contributed by atoms with Crippen LogP contribution in [-0.4, -0.2) is 25.0 Å². The second-order valence-electron chi connectivity index (χ2n) is 8.65. The van der Waals surface area contributed by atoms with Crippen LogP contribution < -0.4 is 16.7 Å². The average molecular weight is 437 g/mol. The lowest BCUT2D eigenvalue weighted by molar-refractivity contribution is 0.0996. The van der Waals surface area contributed by atoms with E-state index < -0.39 is 11.7 Å². The number of halogens is 1. The van der Waals surface area contributed by atoms with Gasteiger partial charge in [-0.05, 0) is 57.2 Å². The number of benzene rings is 1. The van der Waals surface area contributed by atoms with Crippen LogP contribution in [0.4, 0.5) is 16.0 Å². The SMILES string of the molecule is Cc1cc(C(N)=O)c(F)cc1Nc1ncc2c(n1)n(C1CCC(C)(C#N)CC1)c(=O)n2C. The smallest absolute Gasteiger partial charge is 0.330 e. The molecular weight excluding hydrogens is 413 g/mol. The monoisotopic (exact) mass is 437 g/mol. The lowest BCUT2D eigenvalue weighted by Gasteiger charge is -2.32. The number of primary amides is 1. The summed E-state index contributed by atoms with van der Waals surface area (Å²) in [5, 5.41) is 12.4. The number of nitriles is 1. The zero-order valence-corrected chi connectivity index (χ0v) is 18.1. The van der Waals surface area contributed by atoms with Crippen LogP contribution in [0.1, 0.15) is 54.6 Å². The Bertz CT molecular complexity index is 1330. The van der Waals surface area contributed by atoms with Crippen molar-refractivity contribution in [3.8, 4) is 6.07 Å². The van der Waals surface area contributed by atoms with E-state index in [2.05, 4.69) is 21.4 Å². The van der Waals surface area contributed by atoms with Crippen LogP contribution in [0.3, 0.4) is 0 Å². The van der Waals surface area contributed by atoms with Crippen LogP contribution >= 0.6 is 0 Å². The van der Waals surface area contributed by atoms with Gasteiger partial charge in [0.2, 0.25) is 5.95 Å².